The minimum atomic E-state index is -0.774. The largest absolute Gasteiger partial charge is 0.309 e. The SMILES string of the molecule is CCNC(CS(C)=O)c1ccc(C(C)C)cc1. The van der Waals surface area contributed by atoms with E-state index in [1.807, 2.05) is 0 Å². The Morgan fingerprint density at radius 2 is 1.71 bits per heavy atom. The van der Waals surface area contributed by atoms with Gasteiger partial charge in [-0.1, -0.05) is 45.0 Å². The van der Waals surface area contributed by atoms with Crippen LogP contribution in [0.1, 0.15) is 43.9 Å². The summed E-state index contributed by atoms with van der Waals surface area (Å²) in [5.41, 5.74) is 2.58. The van der Waals surface area contributed by atoms with Crippen molar-refractivity contribution in [2.45, 2.75) is 32.7 Å². The number of rotatable bonds is 6. The summed E-state index contributed by atoms with van der Waals surface area (Å²) in [5.74, 6) is 1.23. The molecule has 96 valence electrons. The standard InChI is InChI=1S/C14H23NOS/c1-5-15-14(10-17(4)16)13-8-6-12(7-9-13)11(2)3/h6-9,11,14-15H,5,10H2,1-4H3. The summed E-state index contributed by atoms with van der Waals surface area (Å²) in [6, 6.07) is 8.84. The zero-order valence-electron chi connectivity index (χ0n) is 11.2. The third kappa shape index (κ3) is 4.60. The van der Waals surface area contributed by atoms with E-state index in [1.54, 1.807) is 6.26 Å². The second-order valence-corrected chi connectivity index (χ2v) is 6.15. The van der Waals surface area contributed by atoms with Gasteiger partial charge in [0.15, 0.2) is 0 Å². The first-order valence-electron chi connectivity index (χ1n) is 6.17. The van der Waals surface area contributed by atoms with E-state index >= 15 is 0 Å². The molecule has 0 aliphatic rings. The maximum atomic E-state index is 11.3. The van der Waals surface area contributed by atoms with Gasteiger partial charge in [0, 0.05) is 28.9 Å². The van der Waals surface area contributed by atoms with Crippen molar-refractivity contribution in [3.8, 4) is 0 Å². The zero-order valence-corrected chi connectivity index (χ0v) is 12.0. The second-order valence-electron chi connectivity index (χ2n) is 4.67. The molecule has 2 unspecified atom stereocenters. The van der Waals surface area contributed by atoms with Crippen molar-refractivity contribution < 1.29 is 4.21 Å². The van der Waals surface area contributed by atoms with E-state index in [0.29, 0.717) is 11.7 Å². The minimum absolute atomic E-state index is 0.201. The van der Waals surface area contributed by atoms with E-state index in [1.165, 1.54) is 11.1 Å². The lowest BCUT2D eigenvalue weighted by atomic mass is 9.99. The topological polar surface area (TPSA) is 29.1 Å². The smallest absolute Gasteiger partial charge is 0.0436 e. The first-order chi connectivity index (χ1) is 8.04. The molecule has 2 atom stereocenters. The fourth-order valence-electron chi connectivity index (χ4n) is 1.87. The highest BCUT2D eigenvalue weighted by Crippen LogP contribution is 2.19. The lowest BCUT2D eigenvalue weighted by Gasteiger charge is -2.18. The third-order valence-electron chi connectivity index (χ3n) is 2.86. The summed E-state index contributed by atoms with van der Waals surface area (Å²) >= 11 is 0. The molecule has 1 rings (SSSR count). The van der Waals surface area contributed by atoms with Crippen LogP contribution in [0, 0.1) is 0 Å². The molecule has 1 N–H and O–H groups in total. The first-order valence-corrected chi connectivity index (χ1v) is 7.90. The van der Waals surface area contributed by atoms with Gasteiger partial charge in [0.25, 0.3) is 0 Å². The Balaban J connectivity index is 2.83. The molecule has 0 saturated heterocycles. The Morgan fingerprint density at radius 3 is 2.12 bits per heavy atom. The highest BCUT2D eigenvalue weighted by molar-refractivity contribution is 7.84. The van der Waals surface area contributed by atoms with Crippen LogP contribution in [0.25, 0.3) is 0 Å². The molecule has 0 bridgehead atoms. The third-order valence-corrected chi connectivity index (χ3v) is 3.66. The Morgan fingerprint density at radius 1 is 1.18 bits per heavy atom. The number of hydrogen-bond donors (Lipinski definition) is 1. The van der Waals surface area contributed by atoms with Crippen molar-refractivity contribution in [1.29, 1.82) is 0 Å². The van der Waals surface area contributed by atoms with Gasteiger partial charge >= 0.3 is 0 Å². The van der Waals surface area contributed by atoms with Crippen LogP contribution < -0.4 is 5.32 Å². The lowest BCUT2D eigenvalue weighted by molar-refractivity contribution is 0.595. The van der Waals surface area contributed by atoms with Crippen molar-refractivity contribution >= 4 is 10.8 Å². The molecule has 0 aliphatic carbocycles. The molecule has 2 nitrogen and oxygen atoms in total. The van der Waals surface area contributed by atoms with E-state index in [0.717, 1.165) is 6.54 Å². The Hall–Kier alpha value is -0.670. The van der Waals surface area contributed by atoms with Gasteiger partial charge < -0.3 is 5.32 Å². The summed E-state index contributed by atoms with van der Waals surface area (Å²) in [4.78, 5) is 0. The van der Waals surface area contributed by atoms with Crippen molar-refractivity contribution in [3.63, 3.8) is 0 Å². The van der Waals surface area contributed by atoms with Crippen molar-refractivity contribution in [2.75, 3.05) is 18.6 Å². The highest BCUT2D eigenvalue weighted by Gasteiger charge is 2.12. The van der Waals surface area contributed by atoms with Crippen molar-refractivity contribution in [3.05, 3.63) is 35.4 Å². The van der Waals surface area contributed by atoms with E-state index in [9.17, 15) is 4.21 Å². The van der Waals surface area contributed by atoms with Crippen LogP contribution in [0.2, 0.25) is 0 Å². The van der Waals surface area contributed by atoms with E-state index in [-0.39, 0.29) is 6.04 Å². The normalized spacial score (nSPS) is 14.9. The van der Waals surface area contributed by atoms with Gasteiger partial charge in [-0.15, -0.1) is 0 Å². The van der Waals surface area contributed by atoms with Crippen LogP contribution >= 0.6 is 0 Å². The van der Waals surface area contributed by atoms with Gasteiger partial charge in [-0.2, -0.15) is 0 Å². The molecule has 0 saturated carbocycles. The summed E-state index contributed by atoms with van der Waals surface area (Å²) in [7, 11) is -0.774. The Kier molecular flexibility index (Phi) is 5.86. The molecule has 0 aromatic heterocycles. The zero-order chi connectivity index (χ0) is 12.8. The van der Waals surface area contributed by atoms with Gasteiger partial charge in [0.2, 0.25) is 0 Å². The van der Waals surface area contributed by atoms with Gasteiger partial charge in [-0.05, 0) is 23.6 Å². The van der Waals surface area contributed by atoms with Crippen LogP contribution in [0.5, 0.6) is 0 Å². The average Bonchev–Trinajstić information content (AvgIpc) is 2.28. The van der Waals surface area contributed by atoms with Gasteiger partial charge in [-0.25, -0.2) is 0 Å². The van der Waals surface area contributed by atoms with Crippen LogP contribution in [0.3, 0.4) is 0 Å². The molecule has 17 heavy (non-hydrogen) atoms. The molecule has 1 aromatic rings. The van der Waals surface area contributed by atoms with Crippen molar-refractivity contribution in [1.82, 2.24) is 5.32 Å². The minimum Gasteiger partial charge on any atom is -0.309 e. The van der Waals surface area contributed by atoms with Gasteiger partial charge in [0.05, 0.1) is 0 Å². The molecule has 0 heterocycles. The lowest BCUT2D eigenvalue weighted by Crippen LogP contribution is -2.25. The van der Waals surface area contributed by atoms with Crippen LogP contribution in [0.4, 0.5) is 0 Å². The highest BCUT2D eigenvalue weighted by atomic mass is 32.2. The summed E-state index contributed by atoms with van der Waals surface area (Å²) in [6.45, 7) is 7.36. The predicted octanol–water partition coefficient (Wildman–Crippen LogP) is 2.84. The maximum absolute atomic E-state index is 11.3. The number of hydrogen-bond acceptors (Lipinski definition) is 2. The summed E-state index contributed by atoms with van der Waals surface area (Å²) in [5, 5.41) is 3.39. The quantitative estimate of drug-likeness (QED) is 0.844. The predicted molar refractivity (Wildman–Crippen MR) is 75.9 cm³/mol. The van der Waals surface area contributed by atoms with Crippen LogP contribution in [0.15, 0.2) is 24.3 Å². The van der Waals surface area contributed by atoms with E-state index in [4.69, 9.17) is 0 Å². The fourth-order valence-corrected chi connectivity index (χ4v) is 2.65. The van der Waals surface area contributed by atoms with Crippen molar-refractivity contribution in [2.24, 2.45) is 0 Å². The molecule has 0 fully saturated rings. The monoisotopic (exact) mass is 253 g/mol. The molecule has 0 aliphatic heterocycles. The molecular weight excluding hydrogens is 230 g/mol. The number of benzene rings is 1. The summed E-state index contributed by atoms with van der Waals surface area (Å²) < 4.78 is 11.3. The molecule has 0 amide bonds. The first kappa shape index (κ1) is 14.4. The molecule has 0 radical (unpaired) electrons. The van der Waals surface area contributed by atoms with E-state index in [2.05, 4.69) is 50.4 Å². The van der Waals surface area contributed by atoms with Gasteiger partial charge in [0.1, 0.15) is 0 Å². The Bertz CT molecular complexity index is 359. The van der Waals surface area contributed by atoms with Gasteiger partial charge in [-0.3, -0.25) is 4.21 Å². The molecule has 1 aromatic carbocycles. The second kappa shape index (κ2) is 6.92. The van der Waals surface area contributed by atoms with E-state index < -0.39 is 10.8 Å². The molecular formula is C14H23NOS. The fraction of sp³-hybridized carbons (Fsp3) is 0.571. The number of nitrogens with one attached hydrogen (secondary N) is 1. The Labute approximate surface area is 107 Å². The molecule has 3 heteroatoms. The van der Waals surface area contributed by atoms with Crippen LogP contribution in [-0.4, -0.2) is 22.8 Å². The maximum Gasteiger partial charge on any atom is 0.0436 e. The summed E-state index contributed by atoms with van der Waals surface area (Å²) in [6.07, 6.45) is 1.76. The molecule has 0 spiro atoms. The van der Waals surface area contributed by atoms with Crippen LogP contribution in [-0.2, 0) is 10.8 Å². The average molecular weight is 253 g/mol.